The summed E-state index contributed by atoms with van der Waals surface area (Å²) in [6.45, 7) is 7.55. The first-order valence-corrected chi connectivity index (χ1v) is 5.58. The van der Waals surface area contributed by atoms with Gasteiger partial charge in [0.15, 0.2) is 0 Å². The summed E-state index contributed by atoms with van der Waals surface area (Å²) in [7, 11) is 0. The van der Waals surface area contributed by atoms with Crippen molar-refractivity contribution in [1.29, 1.82) is 0 Å². The molecule has 1 aliphatic rings. The molecule has 4 heteroatoms. The van der Waals surface area contributed by atoms with E-state index in [1.165, 1.54) is 0 Å². The van der Waals surface area contributed by atoms with Crippen molar-refractivity contribution in [2.45, 2.75) is 39.2 Å². The number of carbonyl (C=O) groups excluding carboxylic acids is 1. The van der Waals surface area contributed by atoms with E-state index < -0.39 is 0 Å². The van der Waals surface area contributed by atoms with Crippen molar-refractivity contribution in [2.75, 3.05) is 19.7 Å². The van der Waals surface area contributed by atoms with Crippen LogP contribution in [0.5, 0.6) is 0 Å². The minimum absolute atomic E-state index is 0.0813. The zero-order valence-electron chi connectivity index (χ0n) is 9.93. The summed E-state index contributed by atoms with van der Waals surface area (Å²) in [6.07, 6.45) is 1.84. The maximum absolute atomic E-state index is 11.8. The molecule has 0 aromatic rings. The number of rotatable bonds is 6. The Morgan fingerprint density at radius 2 is 2.13 bits per heavy atom. The average Bonchev–Trinajstić information content (AvgIpc) is 2.95. The van der Waals surface area contributed by atoms with Crippen LogP contribution >= 0.6 is 0 Å². The lowest BCUT2D eigenvalue weighted by atomic mass is 10.1. The van der Waals surface area contributed by atoms with E-state index in [0.717, 1.165) is 12.8 Å². The molecule has 1 rings (SSSR count). The van der Waals surface area contributed by atoms with Gasteiger partial charge < -0.3 is 15.8 Å². The van der Waals surface area contributed by atoms with Crippen LogP contribution in [0.1, 0.15) is 33.6 Å². The van der Waals surface area contributed by atoms with Gasteiger partial charge in [0.2, 0.25) is 5.91 Å². The third kappa shape index (κ3) is 3.18. The molecule has 4 nitrogen and oxygen atoms in total. The van der Waals surface area contributed by atoms with Gasteiger partial charge >= 0.3 is 0 Å². The van der Waals surface area contributed by atoms with E-state index in [0.29, 0.717) is 19.7 Å². The number of ether oxygens (including phenoxy) is 1. The van der Waals surface area contributed by atoms with E-state index in [9.17, 15) is 4.79 Å². The molecule has 0 radical (unpaired) electrons. The monoisotopic (exact) mass is 214 g/mol. The van der Waals surface area contributed by atoms with Crippen molar-refractivity contribution in [3.63, 3.8) is 0 Å². The molecule has 0 aromatic heterocycles. The molecule has 0 aromatic carbocycles. The first-order valence-electron chi connectivity index (χ1n) is 5.58. The summed E-state index contributed by atoms with van der Waals surface area (Å²) in [5.74, 6) is 0.0813. The summed E-state index contributed by atoms with van der Waals surface area (Å²) in [5.41, 5.74) is 5.02. The number of hydrogen-bond acceptors (Lipinski definition) is 3. The number of carbonyl (C=O) groups is 1. The molecule has 1 aliphatic carbocycles. The number of nitrogens with one attached hydrogen (secondary N) is 1. The number of nitrogens with two attached hydrogens (primary N) is 1. The molecule has 1 saturated carbocycles. The van der Waals surface area contributed by atoms with Crippen LogP contribution in [0.15, 0.2) is 0 Å². The summed E-state index contributed by atoms with van der Waals surface area (Å²) in [4.78, 5) is 11.8. The van der Waals surface area contributed by atoms with Gasteiger partial charge in [-0.3, -0.25) is 4.79 Å². The first kappa shape index (κ1) is 12.5. The van der Waals surface area contributed by atoms with Gasteiger partial charge in [-0.15, -0.1) is 0 Å². The van der Waals surface area contributed by atoms with E-state index in [-0.39, 0.29) is 16.9 Å². The lowest BCUT2D eigenvalue weighted by Crippen LogP contribution is -2.44. The molecule has 1 fully saturated rings. The quantitative estimate of drug-likeness (QED) is 0.682. The van der Waals surface area contributed by atoms with Crippen LogP contribution in [0.3, 0.4) is 0 Å². The average molecular weight is 214 g/mol. The fourth-order valence-electron chi connectivity index (χ4n) is 1.60. The van der Waals surface area contributed by atoms with E-state index in [2.05, 4.69) is 5.32 Å². The molecule has 0 aliphatic heterocycles. The summed E-state index contributed by atoms with van der Waals surface area (Å²) >= 11 is 0. The van der Waals surface area contributed by atoms with Gasteiger partial charge in [0.05, 0.1) is 11.0 Å². The lowest BCUT2D eigenvalue weighted by molar-refractivity contribution is -0.127. The number of amides is 1. The molecule has 0 unspecified atom stereocenters. The molecule has 0 saturated heterocycles. The van der Waals surface area contributed by atoms with Crippen molar-refractivity contribution in [3.05, 3.63) is 0 Å². The standard InChI is InChI=1S/C11H22N2O2/c1-4-15-10(2,3)8-13-9(14)11(7-12)5-6-11/h4-8,12H2,1-3H3,(H,13,14). The van der Waals surface area contributed by atoms with Crippen LogP contribution in [0.2, 0.25) is 0 Å². The van der Waals surface area contributed by atoms with Crippen molar-refractivity contribution >= 4 is 5.91 Å². The molecule has 1 amide bonds. The fourth-order valence-corrected chi connectivity index (χ4v) is 1.60. The molecule has 0 spiro atoms. The topological polar surface area (TPSA) is 64.3 Å². The normalized spacial score (nSPS) is 18.7. The second kappa shape index (κ2) is 4.49. The molecule has 0 atom stereocenters. The van der Waals surface area contributed by atoms with Gasteiger partial charge in [-0.1, -0.05) is 0 Å². The Balaban J connectivity index is 2.34. The predicted molar refractivity (Wildman–Crippen MR) is 59.4 cm³/mol. The van der Waals surface area contributed by atoms with Crippen molar-refractivity contribution in [1.82, 2.24) is 5.32 Å². The smallest absolute Gasteiger partial charge is 0.227 e. The Kier molecular flexibility index (Phi) is 3.73. The Labute approximate surface area is 91.5 Å². The third-order valence-electron chi connectivity index (χ3n) is 2.94. The van der Waals surface area contributed by atoms with Crippen LogP contribution in [-0.4, -0.2) is 31.2 Å². The second-order valence-electron chi connectivity index (χ2n) is 4.86. The summed E-state index contributed by atoms with van der Waals surface area (Å²) in [5, 5.41) is 2.92. The van der Waals surface area contributed by atoms with Gasteiger partial charge in [0.1, 0.15) is 0 Å². The largest absolute Gasteiger partial charge is 0.374 e. The van der Waals surface area contributed by atoms with Gasteiger partial charge in [0, 0.05) is 19.7 Å². The maximum Gasteiger partial charge on any atom is 0.227 e. The van der Waals surface area contributed by atoms with E-state index in [4.69, 9.17) is 10.5 Å². The Hall–Kier alpha value is -0.610. The SMILES string of the molecule is CCOC(C)(C)CNC(=O)C1(CN)CC1. The zero-order chi connectivity index (χ0) is 11.5. The minimum Gasteiger partial charge on any atom is -0.374 e. The van der Waals surface area contributed by atoms with E-state index in [1.54, 1.807) is 0 Å². The lowest BCUT2D eigenvalue weighted by Gasteiger charge is -2.26. The highest BCUT2D eigenvalue weighted by molar-refractivity contribution is 5.85. The minimum atomic E-state index is -0.297. The van der Waals surface area contributed by atoms with E-state index >= 15 is 0 Å². The Bertz CT molecular complexity index is 235. The fraction of sp³-hybridized carbons (Fsp3) is 0.909. The zero-order valence-corrected chi connectivity index (χ0v) is 9.93. The highest BCUT2D eigenvalue weighted by Crippen LogP contribution is 2.44. The van der Waals surface area contributed by atoms with Crippen LogP contribution in [0.4, 0.5) is 0 Å². The highest BCUT2D eigenvalue weighted by atomic mass is 16.5. The maximum atomic E-state index is 11.8. The highest BCUT2D eigenvalue weighted by Gasteiger charge is 2.48. The predicted octanol–water partition coefficient (Wildman–Crippen LogP) is 0.657. The second-order valence-corrected chi connectivity index (χ2v) is 4.86. The van der Waals surface area contributed by atoms with Crippen LogP contribution < -0.4 is 11.1 Å². The van der Waals surface area contributed by atoms with Crippen molar-refractivity contribution in [3.8, 4) is 0 Å². The van der Waals surface area contributed by atoms with Crippen LogP contribution in [-0.2, 0) is 9.53 Å². The van der Waals surface area contributed by atoms with Gasteiger partial charge in [-0.2, -0.15) is 0 Å². The van der Waals surface area contributed by atoms with Crippen LogP contribution in [0, 0.1) is 5.41 Å². The Morgan fingerprint density at radius 1 is 1.53 bits per heavy atom. The van der Waals surface area contributed by atoms with E-state index in [1.807, 2.05) is 20.8 Å². The van der Waals surface area contributed by atoms with Gasteiger partial charge in [0.25, 0.3) is 0 Å². The third-order valence-corrected chi connectivity index (χ3v) is 2.94. The molecular weight excluding hydrogens is 192 g/mol. The first-order chi connectivity index (χ1) is 6.96. The molecular formula is C11H22N2O2. The molecule has 3 N–H and O–H groups in total. The van der Waals surface area contributed by atoms with Gasteiger partial charge in [-0.25, -0.2) is 0 Å². The molecule has 0 bridgehead atoms. The molecule has 88 valence electrons. The summed E-state index contributed by atoms with van der Waals surface area (Å²) in [6, 6.07) is 0. The Morgan fingerprint density at radius 3 is 2.53 bits per heavy atom. The van der Waals surface area contributed by atoms with Crippen LogP contribution in [0.25, 0.3) is 0 Å². The molecule has 0 heterocycles. The number of hydrogen-bond donors (Lipinski definition) is 2. The summed E-state index contributed by atoms with van der Waals surface area (Å²) < 4.78 is 5.50. The van der Waals surface area contributed by atoms with Gasteiger partial charge in [-0.05, 0) is 33.6 Å². The molecule has 15 heavy (non-hydrogen) atoms. The van der Waals surface area contributed by atoms with Crippen molar-refractivity contribution in [2.24, 2.45) is 11.1 Å². The van der Waals surface area contributed by atoms with Crippen molar-refractivity contribution < 1.29 is 9.53 Å².